The molecule has 2 aromatic rings. The van der Waals surface area contributed by atoms with Gasteiger partial charge in [0.25, 0.3) is 0 Å². The third-order valence-electron chi connectivity index (χ3n) is 3.99. The second kappa shape index (κ2) is 5.05. The van der Waals surface area contributed by atoms with E-state index in [9.17, 15) is 5.11 Å². The van der Waals surface area contributed by atoms with Gasteiger partial charge in [-0.25, -0.2) is 0 Å². The molecule has 1 aromatic heterocycles. The number of hydrogen-bond donors (Lipinski definition) is 2. The summed E-state index contributed by atoms with van der Waals surface area (Å²) in [6.45, 7) is 1.15. The lowest BCUT2D eigenvalue weighted by atomic mass is 10.0. The first-order chi connectivity index (χ1) is 9.31. The van der Waals surface area contributed by atoms with E-state index >= 15 is 0 Å². The summed E-state index contributed by atoms with van der Waals surface area (Å²) in [5, 5.41) is 11.6. The number of pyridine rings is 1. The van der Waals surface area contributed by atoms with E-state index in [4.69, 9.17) is 5.73 Å². The molecule has 0 spiro atoms. The molecule has 2 heterocycles. The molecule has 1 aromatic carbocycles. The van der Waals surface area contributed by atoms with Gasteiger partial charge in [-0.15, -0.1) is 0 Å². The molecule has 1 atom stereocenters. The Morgan fingerprint density at radius 2 is 2.21 bits per heavy atom. The zero-order valence-corrected chi connectivity index (χ0v) is 10.9. The number of nitrogen functional groups attached to an aromatic ring is 1. The van der Waals surface area contributed by atoms with Crippen molar-refractivity contribution in [2.45, 2.75) is 25.3 Å². The fraction of sp³-hybridized carbons (Fsp3) is 0.400. The van der Waals surface area contributed by atoms with Crippen LogP contribution in [0.5, 0.6) is 0 Å². The molecule has 0 saturated carbocycles. The number of aliphatic hydroxyl groups is 1. The van der Waals surface area contributed by atoms with E-state index in [1.807, 2.05) is 18.3 Å². The SMILES string of the molecule is Nc1c(N2CCCCC2CO)ccc2cnccc12. The Labute approximate surface area is 112 Å². The van der Waals surface area contributed by atoms with Crippen molar-refractivity contribution in [1.82, 2.24) is 4.98 Å². The number of hydrogen-bond acceptors (Lipinski definition) is 4. The van der Waals surface area contributed by atoms with Gasteiger partial charge in [-0.05, 0) is 31.4 Å². The van der Waals surface area contributed by atoms with Crippen LogP contribution in [0.1, 0.15) is 19.3 Å². The minimum Gasteiger partial charge on any atom is -0.397 e. The maximum atomic E-state index is 9.53. The molecule has 4 nitrogen and oxygen atoms in total. The summed E-state index contributed by atoms with van der Waals surface area (Å²) in [7, 11) is 0. The van der Waals surface area contributed by atoms with Gasteiger partial charge in [0.05, 0.1) is 24.0 Å². The standard InChI is InChI=1S/C15H19N3O/c16-15-13-6-7-17-9-11(13)4-5-14(15)18-8-2-1-3-12(18)10-19/h4-7,9,12,19H,1-3,8,10,16H2. The minimum atomic E-state index is 0.188. The van der Waals surface area contributed by atoms with E-state index in [2.05, 4.69) is 16.0 Å². The van der Waals surface area contributed by atoms with Crippen LogP contribution in [0, 0.1) is 0 Å². The fourth-order valence-electron chi connectivity index (χ4n) is 2.94. The molecule has 0 bridgehead atoms. The highest BCUT2D eigenvalue weighted by Gasteiger charge is 2.23. The molecule has 3 rings (SSSR count). The molecule has 1 fully saturated rings. The summed E-state index contributed by atoms with van der Waals surface area (Å²) in [6, 6.07) is 6.24. The predicted molar refractivity (Wildman–Crippen MR) is 78.2 cm³/mol. The van der Waals surface area contributed by atoms with Crippen molar-refractivity contribution >= 4 is 22.1 Å². The van der Waals surface area contributed by atoms with Crippen LogP contribution in [-0.4, -0.2) is 29.3 Å². The van der Waals surface area contributed by atoms with Crippen molar-refractivity contribution in [3.05, 3.63) is 30.6 Å². The van der Waals surface area contributed by atoms with Crippen LogP contribution < -0.4 is 10.6 Å². The van der Waals surface area contributed by atoms with E-state index in [0.29, 0.717) is 0 Å². The summed E-state index contributed by atoms with van der Waals surface area (Å²) in [6.07, 6.45) is 6.96. The summed E-state index contributed by atoms with van der Waals surface area (Å²) in [5.74, 6) is 0. The lowest BCUT2D eigenvalue weighted by Crippen LogP contribution is -2.42. The number of fused-ring (bicyclic) bond motifs is 1. The topological polar surface area (TPSA) is 62.4 Å². The molecule has 1 aliphatic rings. The van der Waals surface area contributed by atoms with Crippen molar-refractivity contribution in [3.63, 3.8) is 0 Å². The van der Waals surface area contributed by atoms with Crippen molar-refractivity contribution in [3.8, 4) is 0 Å². The molecule has 4 heteroatoms. The smallest absolute Gasteiger partial charge is 0.0635 e. The summed E-state index contributed by atoms with van der Waals surface area (Å²) < 4.78 is 0. The van der Waals surface area contributed by atoms with Crippen LogP contribution in [0.15, 0.2) is 30.6 Å². The van der Waals surface area contributed by atoms with Crippen molar-refractivity contribution in [2.75, 3.05) is 23.8 Å². The summed E-state index contributed by atoms with van der Waals surface area (Å²) >= 11 is 0. The maximum Gasteiger partial charge on any atom is 0.0635 e. The number of nitrogens with two attached hydrogens (primary N) is 1. The first-order valence-electron chi connectivity index (χ1n) is 6.81. The molecule has 3 N–H and O–H groups in total. The molecular weight excluding hydrogens is 238 g/mol. The van der Waals surface area contributed by atoms with Crippen LogP contribution >= 0.6 is 0 Å². The van der Waals surface area contributed by atoms with Gasteiger partial charge in [-0.3, -0.25) is 4.98 Å². The maximum absolute atomic E-state index is 9.53. The lowest BCUT2D eigenvalue weighted by molar-refractivity contribution is 0.240. The van der Waals surface area contributed by atoms with E-state index in [1.165, 1.54) is 6.42 Å². The van der Waals surface area contributed by atoms with Gasteiger partial charge in [-0.2, -0.15) is 0 Å². The van der Waals surface area contributed by atoms with E-state index in [0.717, 1.165) is 41.5 Å². The third-order valence-corrected chi connectivity index (χ3v) is 3.99. The summed E-state index contributed by atoms with van der Waals surface area (Å²) in [4.78, 5) is 6.37. The van der Waals surface area contributed by atoms with Crippen LogP contribution in [0.4, 0.5) is 11.4 Å². The highest BCUT2D eigenvalue weighted by atomic mass is 16.3. The number of aromatic nitrogens is 1. The second-order valence-electron chi connectivity index (χ2n) is 5.12. The van der Waals surface area contributed by atoms with E-state index in [1.54, 1.807) is 6.20 Å². The molecular formula is C15H19N3O. The highest BCUT2D eigenvalue weighted by Crippen LogP contribution is 2.34. The molecule has 1 unspecified atom stereocenters. The van der Waals surface area contributed by atoms with Gasteiger partial charge in [0.15, 0.2) is 0 Å². The average molecular weight is 257 g/mol. The van der Waals surface area contributed by atoms with Gasteiger partial charge in [0.1, 0.15) is 0 Å². The Bertz CT molecular complexity index is 585. The Morgan fingerprint density at radius 3 is 3.05 bits per heavy atom. The van der Waals surface area contributed by atoms with Crippen LogP contribution in [0.2, 0.25) is 0 Å². The highest BCUT2D eigenvalue weighted by molar-refractivity contribution is 5.98. The number of piperidine rings is 1. The second-order valence-corrected chi connectivity index (χ2v) is 5.12. The Hall–Kier alpha value is -1.81. The first-order valence-corrected chi connectivity index (χ1v) is 6.81. The number of aliphatic hydroxyl groups excluding tert-OH is 1. The average Bonchev–Trinajstić information content (AvgIpc) is 2.48. The molecule has 1 aliphatic heterocycles. The monoisotopic (exact) mass is 257 g/mol. The number of nitrogens with zero attached hydrogens (tertiary/aromatic N) is 2. The van der Waals surface area contributed by atoms with Crippen LogP contribution in [0.3, 0.4) is 0 Å². The van der Waals surface area contributed by atoms with Crippen molar-refractivity contribution in [2.24, 2.45) is 0 Å². The van der Waals surface area contributed by atoms with Crippen LogP contribution in [-0.2, 0) is 0 Å². The summed E-state index contributed by atoms with van der Waals surface area (Å²) in [5.41, 5.74) is 8.15. The van der Waals surface area contributed by atoms with Crippen LogP contribution in [0.25, 0.3) is 10.8 Å². The Kier molecular flexibility index (Phi) is 3.25. The van der Waals surface area contributed by atoms with Crippen molar-refractivity contribution in [1.29, 1.82) is 0 Å². The first kappa shape index (κ1) is 12.2. The Morgan fingerprint density at radius 1 is 1.32 bits per heavy atom. The van der Waals surface area contributed by atoms with E-state index in [-0.39, 0.29) is 12.6 Å². The molecule has 100 valence electrons. The third kappa shape index (κ3) is 2.12. The van der Waals surface area contributed by atoms with Gasteiger partial charge in [0, 0.05) is 29.7 Å². The van der Waals surface area contributed by atoms with Gasteiger partial charge >= 0.3 is 0 Å². The zero-order chi connectivity index (χ0) is 13.2. The molecule has 0 radical (unpaired) electrons. The van der Waals surface area contributed by atoms with Gasteiger partial charge < -0.3 is 15.7 Å². The molecule has 1 saturated heterocycles. The largest absolute Gasteiger partial charge is 0.397 e. The number of anilines is 2. The predicted octanol–water partition coefficient (Wildman–Crippen LogP) is 2.17. The van der Waals surface area contributed by atoms with Gasteiger partial charge in [-0.1, -0.05) is 6.07 Å². The molecule has 19 heavy (non-hydrogen) atoms. The zero-order valence-electron chi connectivity index (χ0n) is 10.9. The lowest BCUT2D eigenvalue weighted by Gasteiger charge is -2.37. The molecule has 0 amide bonds. The minimum absolute atomic E-state index is 0.188. The Balaban J connectivity index is 2.06. The van der Waals surface area contributed by atoms with Crippen molar-refractivity contribution < 1.29 is 5.11 Å². The quantitative estimate of drug-likeness (QED) is 0.809. The number of rotatable bonds is 2. The van der Waals surface area contributed by atoms with Gasteiger partial charge in [0.2, 0.25) is 0 Å². The number of benzene rings is 1. The normalized spacial score (nSPS) is 19.8. The molecule has 0 aliphatic carbocycles. The fourth-order valence-corrected chi connectivity index (χ4v) is 2.94. The van der Waals surface area contributed by atoms with E-state index < -0.39 is 0 Å².